The summed E-state index contributed by atoms with van der Waals surface area (Å²) in [6.07, 6.45) is -4.48. The van der Waals surface area contributed by atoms with E-state index in [1.165, 1.54) is 14.7 Å². The van der Waals surface area contributed by atoms with Crippen LogP contribution in [0.2, 0.25) is 0 Å². The number of alkyl halides is 4. The Labute approximate surface area is 169 Å². The van der Waals surface area contributed by atoms with Crippen LogP contribution in [0.1, 0.15) is 0 Å². The van der Waals surface area contributed by atoms with Gasteiger partial charge in [-0.15, -0.1) is 0 Å². The Balaban J connectivity index is 0.000000257. The van der Waals surface area contributed by atoms with Gasteiger partial charge in [-0.3, -0.25) is 0 Å². The van der Waals surface area contributed by atoms with Gasteiger partial charge in [0.25, 0.3) is 0 Å². The van der Waals surface area contributed by atoms with Crippen LogP contribution < -0.4 is 0 Å². The molecule has 29 heavy (non-hydrogen) atoms. The number of rotatable bonds is 5. The second-order valence-corrected chi connectivity index (χ2v) is 9.04. The van der Waals surface area contributed by atoms with E-state index < -0.39 is 21.8 Å². The Hall–Kier alpha value is -2.36. The van der Waals surface area contributed by atoms with E-state index in [1.807, 2.05) is 0 Å². The molecule has 154 valence electrons. The third-order valence-corrected chi connectivity index (χ3v) is 6.60. The van der Waals surface area contributed by atoms with Crippen molar-refractivity contribution in [2.45, 2.75) is 26.4 Å². The minimum atomic E-state index is -6.23. The van der Waals surface area contributed by atoms with Crippen LogP contribution in [0, 0.1) is 0 Å². The second-order valence-electron chi connectivity index (χ2n) is 5.56. The van der Waals surface area contributed by atoms with E-state index in [9.17, 15) is 30.5 Å². The van der Waals surface area contributed by atoms with Crippen molar-refractivity contribution in [1.29, 1.82) is 0 Å². The first-order valence-electron chi connectivity index (χ1n) is 8.15. The van der Waals surface area contributed by atoms with Crippen molar-refractivity contribution in [2.75, 3.05) is 0 Å². The molecule has 9 heteroatoms. The van der Waals surface area contributed by atoms with E-state index in [0.29, 0.717) is 0 Å². The number of hydrogen-bond acceptors (Lipinski definition) is 3. The minimum Gasteiger partial charge on any atom is -0.743 e. The van der Waals surface area contributed by atoms with Crippen LogP contribution >= 0.6 is 0 Å². The van der Waals surface area contributed by atoms with Crippen molar-refractivity contribution in [3.05, 3.63) is 91.0 Å². The van der Waals surface area contributed by atoms with E-state index in [0.717, 1.165) is 0 Å². The van der Waals surface area contributed by atoms with Gasteiger partial charge in [-0.1, -0.05) is 54.6 Å². The maximum atomic E-state index is 11.4. The van der Waals surface area contributed by atoms with Gasteiger partial charge in [0, 0.05) is 0 Å². The summed E-state index contributed by atoms with van der Waals surface area (Å²) in [6.45, 7) is 0. The van der Waals surface area contributed by atoms with E-state index in [1.54, 1.807) is 0 Å². The van der Waals surface area contributed by atoms with Gasteiger partial charge in [0.2, 0.25) is 0 Å². The van der Waals surface area contributed by atoms with Crippen molar-refractivity contribution >= 4 is 21.0 Å². The molecule has 3 rings (SSSR count). The topological polar surface area (TPSA) is 57.2 Å². The molecule has 0 aliphatic heterocycles. The van der Waals surface area contributed by atoms with E-state index in [4.69, 9.17) is 0 Å². The predicted octanol–water partition coefficient (Wildman–Crippen LogP) is 5.17. The fourth-order valence-electron chi connectivity index (χ4n) is 2.19. The maximum absolute atomic E-state index is 11.4. The van der Waals surface area contributed by atoms with Crippen LogP contribution in [-0.2, 0) is 21.0 Å². The lowest BCUT2D eigenvalue weighted by atomic mass is 10.4. The molecular weight excluding hydrogens is 428 g/mol. The molecule has 0 N–H and O–H groups in total. The van der Waals surface area contributed by atoms with Gasteiger partial charge in [-0.2, -0.15) is 8.78 Å². The molecule has 0 heterocycles. The lowest BCUT2D eigenvalue weighted by Crippen LogP contribution is -2.36. The Morgan fingerprint density at radius 3 is 1.14 bits per heavy atom. The smallest absolute Gasteiger partial charge is 0.393 e. The molecule has 0 saturated carbocycles. The summed E-state index contributed by atoms with van der Waals surface area (Å²) in [5.41, 5.74) is 0. The van der Waals surface area contributed by atoms with Crippen LogP contribution in [0.5, 0.6) is 0 Å². The van der Waals surface area contributed by atoms with Gasteiger partial charge in [-0.25, -0.2) is 17.2 Å². The van der Waals surface area contributed by atoms with Crippen molar-refractivity contribution in [3.8, 4) is 0 Å². The molecule has 0 saturated heterocycles. The molecule has 0 spiro atoms. The average Bonchev–Trinajstić information content (AvgIpc) is 2.70. The molecule has 0 aliphatic rings. The average molecular weight is 444 g/mol. The molecule has 0 atom stereocenters. The largest absolute Gasteiger partial charge is 0.743 e. The predicted molar refractivity (Wildman–Crippen MR) is 102 cm³/mol. The third-order valence-electron chi connectivity index (χ3n) is 3.52. The van der Waals surface area contributed by atoms with Crippen LogP contribution in [0.3, 0.4) is 0 Å². The molecule has 0 aromatic heterocycles. The van der Waals surface area contributed by atoms with Crippen LogP contribution in [0.4, 0.5) is 17.6 Å². The normalized spacial score (nSPS) is 11.8. The summed E-state index contributed by atoms with van der Waals surface area (Å²) in [5.74, 6) is 0. The first kappa shape index (κ1) is 22.9. The molecule has 3 nitrogen and oxygen atoms in total. The quantitative estimate of drug-likeness (QED) is 0.310. The van der Waals surface area contributed by atoms with Crippen molar-refractivity contribution < 1.29 is 30.5 Å². The molecule has 0 aliphatic carbocycles. The maximum Gasteiger partial charge on any atom is 0.393 e. The Bertz CT molecular complexity index is 890. The summed E-state index contributed by atoms with van der Waals surface area (Å²) in [7, 11) is -6.25. The van der Waals surface area contributed by atoms with E-state index in [-0.39, 0.29) is 10.9 Å². The molecule has 3 aromatic rings. The first-order valence-corrected chi connectivity index (χ1v) is 10.8. The van der Waals surface area contributed by atoms with E-state index in [2.05, 4.69) is 91.0 Å². The highest BCUT2D eigenvalue weighted by Gasteiger charge is 2.48. The molecule has 0 bridgehead atoms. The molecular formula is C20H16F4O3S2. The Kier molecular flexibility index (Phi) is 7.83. The molecule has 0 radical (unpaired) electrons. The lowest BCUT2D eigenvalue weighted by molar-refractivity contribution is -0.0692. The minimum absolute atomic E-state index is 0.0146. The zero-order chi connectivity index (χ0) is 21.5. The van der Waals surface area contributed by atoms with E-state index >= 15 is 0 Å². The van der Waals surface area contributed by atoms with Crippen LogP contribution in [-0.4, -0.2) is 24.7 Å². The zero-order valence-corrected chi connectivity index (χ0v) is 16.4. The summed E-state index contributed by atoms with van der Waals surface area (Å²) >= 11 is 0. The monoisotopic (exact) mass is 444 g/mol. The second kappa shape index (κ2) is 9.91. The fraction of sp³-hybridized carbons (Fsp3) is 0.100. The number of hydrogen-bond donors (Lipinski definition) is 0. The van der Waals surface area contributed by atoms with Gasteiger partial charge in [0.15, 0.2) is 24.8 Å². The standard InChI is InChI=1S/C18H15S.C2H2F4O3S/c1-4-10-16(11-5-1)19(17-12-6-2-7-13-17)18-14-8-3-9-15-18;3-1(4)2(5,6)10(7,8)9/h1-15H;1H,(H,7,8,9)/q+1;/p-1. The van der Waals surface area contributed by atoms with Gasteiger partial charge in [0.05, 0.1) is 10.9 Å². The van der Waals surface area contributed by atoms with Gasteiger partial charge in [0.1, 0.15) is 0 Å². The van der Waals surface area contributed by atoms with Crippen molar-refractivity contribution in [3.63, 3.8) is 0 Å². The highest BCUT2D eigenvalue weighted by molar-refractivity contribution is 7.97. The first-order chi connectivity index (χ1) is 13.6. The highest BCUT2D eigenvalue weighted by atomic mass is 32.2. The van der Waals surface area contributed by atoms with Crippen LogP contribution in [0.25, 0.3) is 0 Å². The van der Waals surface area contributed by atoms with Crippen LogP contribution in [0.15, 0.2) is 106 Å². The SMILES string of the molecule is O=S(=O)([O-])C(F)(F)C(F)F.c1ccc([S+](c2ccccc2)c2ccccc2)cc1. The Morgan fingerprint density at radius 1 is 0.690 bits per heavy atom. The third kappa shape index (κ3) is 6.06. The van der Waals surface area contributed by atoms with Gasteiger partial charge < -0.3 is 4.55 Å². The number of halogens is 4. The summed E-state index contributed by atoms with van der Waals surface area (Å²) in [6, 6.07) is 32.2. The summed E-state index contributed by atoms with van der Waals surface area (Å²) in [4.78, 5) is 4.08. The summed E-state index contributed by atoms with van der Waals surface area (Å²) < 4.78 is 72.7. The fourth-order valence-corrected chi connectivity index (χ4v) is 4.51. The Morgan fingerprint density at radius 2 is 0.966 bits per heavy atom. The van der Waals surface area contributed by atoms with Crippen molar-refractivity contribution in [2.24, 2.45) is 0 Å². The lowest BCUT2D eigenvalue weighted by Gasteiger charge is -2.17. The molecule has 0 fully saturated rings. The molecule has 0 amide bonds. The highest BCUT2D eigenvalue weighted by Crippen LogP contribution is 2.30. The van der Waals surface area contributed by atoms with Crippen molar-refractivity contribution in [1.82, 2.24) is 0 Å². The molecule has 3 aromatic carbocycles. The number of benzene rings is 3. The zero-order valence-electron chi connectivity index (χ0n) is 14.8. The summed E-state index contributed by atoms with van der Waals surface area (Å²) in [5, 5.41) is -5.48. The van der Waals surface area contributed by atoms with Gasteiger partial charge in [-0.05, 0) is 36.4 Å². The van der Waals surface area contributed by atoms with Gasteiger partial charge >= 0.3 is 11.7 Å². The molecule has 0 unspecified atom stereocenters.